The average Bonchev–Trinajstić information content (AvgIpc) is 2.67. The minimum Gasteiger partial charge on any atom is -0.547 e. The van der Waals surface area contributed by atoms with Gasteiger partial charge in [0.1, 0.15) is 6.10 Å². The second-order valence-corrected chi connectivity index (χ2v) is 2.51. The van der Waals surface area contributed by atoms with E-state index in [0.717, 1.165) is 0 Å². The van der Waals surface area contributed by atoms with Gasteiger partial charge in [-0.25, -0.2) is 0 Å². The van der Waals surface area contributed by atoms with E-state index in [1.54, 1.807) is 0 Å². The van der Waals surface area contributed by atoms with E-state index in [2.05, 4.69) is 4.74 Å². The molecule has 1 saturated heterocycles. The van der Waals surface area contributed by atoms with Crippen LogP contribution in [0, 0.1) is 0 Å². The summed E-state index contributed by atoms with van der Waals surface area (Å²) in [6.45, 7) is 0.431. The number of carbonyl (C=O) groups excluding carboxylic acids is 1. The van der Waals surface area contributed by atoms with Crippen molar-refractivity contribution in [2.45, 2.75) is 24.7 Å². The molecular formula is C6H9O5-. The third kappa shape index (κ3) is 2.45. The Labute approximate surface area is 63.2 Å². The van der Waals surface area contributed by atoms with Crippen molar-refractivity contribution in [3.8, 4) is 0 Å². The highest BCUT2D eigenvalue weighted by molar-refractivity contribution is 5.69. The maximum absolute atomic E-state index is 9.96. The van der Waals surface area contributed by atoms with E-state index in [1.165, 1.54) is 0 Å². The molecule has 3 atom stereocenters. The minimum absolute atomic E-state index is 0.229. The number of carbonyl (C=O) groups is 1. The molecular weight excluding hydrogens is 152 g/mol. The normalized spacial score (nSPS) is 27.6. The molecule has 0 aromatic rings. The van der Waals surface area contributed by atoms with Crippen molar-refractivity contribution in [3.63, 3.8) is 0 Å². The van der Waals surface area contributed by atoms with Gasteiger partial charge in [-0.1, -0.05) is 0 Å². The van der Waals surface area contributed by atoms with Crippen molar-refractivity contribution in [2.24, 2.45) is 0 Å². The van der Waals surface area contributed by atoms with Crippen LogP contribution in [0.15, 0.2) is 0 Å². The van der Waals surface area contributed by atoms with E-state index in [9.17, 15) is 9.90 Å². The number of ether oxygens (including phenoxy) is 1. The van der Waals surface area contributed by atoms with Gasteiger partial charge >= 0.3 is 0 Å². The summed E-state index contributed by atoms with van der Waals surface area (Å²) in [6, 6.07) is 0. The lowest BCUT2D eigenvalue weighted by atomic mass is 10.1. The fraction of sp³-hybridized carbons (Fsp3) is 0.833. The first-order valence-corrected chi connectivity index (χ1v) is 3.30. The summed E-state index contributed by atoms with van der Waals surface area (Å²) in [5.41, 5.74) is 0. The summed E-state index contributed by atoms with van der Waals surface area (Å²) in [5.74, 6) is -1.57. The molecule has 5 nitrogen and oxygen atoms in total. The van der Waals surface area contributed by atoms with Crippen LogP contribution < -0.4 is 5.11 Å². The molecule has 0 saturated carbocycles. The third-order valence-corrected chi connectivity index (χ3v) is 1.53. The first-order valence-electron chi connectivity index (χ1n) is 3.30. The lowest BCUT2D eigenvalue weighted by Crippen LogP contribution is -2.38. The minimum atomic E-state index is -1.60. The molecule has 64 valence electrons. The van der Waals surface area contributed by atoms with Crippen molar-refractivity contribution in [1.29, 1.82) is 0 Å². The smallest absolute Gasteiger partial charge is 0.107 e. The molecule has 0 aliphatic carbocycles. The van der Waals surface area contributed by atoms with E-state index in [1.807, 2.05) is 0 Å². The standard InChI is InChI=1S/C6H10O5/c7-3(5-2-11-5)1-4(8)6(9)10/h3-5,7-8H,1-2H2,(H,9,10)/p-1/t3-,4-,5-/m1/s1. The molecule has 0 aromatic carbocycles. The van der Waals surface area contributed by atoms with Crippen molar-refractivity contribution >= 4 is 5.97 Å². The summed E-state index contributed by atoms with van der Waals surface area (Å²) < 4.78 is 4.68. The van der Waals surface area contributed by atoms with Gasteiger partial charge in [0.15, 0.2) is 0 Å². The Balaban J connectivity index is 2.22. The number of hydrogen-bond acceptors (Lipinski definition) is 5. The SMILES string of the molecule is O=C([O-])[C@H](O)C[C@@H](O)[C@H]1CO1. The first kappa shape index (κ1) is 8.45. The molecule has 0 amide bonds. The van der Waals surface area contributed by atoms with Crippen LogP contribution in [-0.4, -0.2) is 41.1 Å². The van der Waals surface area contributed by atoms with Gasteiger partial charge in [0.05, 0.1) is 24.8 Å². The highest BCUT2D eigenvalue weighted by Crippen LogP contribution is 2.17. The molecule has 1 fully saturated rings. The summed E-state index contributed by atoms with van der Waals surface area (Å²) in [5, 5.41) is 27.7. The molecule has 0 bridgehead atoms. The zero-order chi connectivity index (χ0) is 8.43. The average molecular weight is 161 g/mol. The molecule has 2 N–H and O–H groups in total. The first-order chi connectivity index (χ1) is 5.11. The highest BCUT2D eigenvalue weighted by Gasteiger charge is 2.32. The van der Waals surface area contributed by atoms with E-state index >= 15 is 0 Å². The van der Waals surface area contributed by atoms with Crippen LogP contribution in [0.4, 0.5) is 0 Å². The Bertz CT molecular complexity index is 153. The van der Waals surface area contributed by atoms with Crippen LogP contribution in [0.3, 0.4) is 0 Å². The molecule has 1 rings (SSSR count). The summed E-state index contributed by atoms with van der Waals surface area (Å²) in [6.07, 6.45) is -3.03. The second-order valence-electron chi connectivity index (χ2n) is 2.51. The van der Waals surface area contributed by atoms with Gasteiger partial charge in [0.2, 0.25) is 0 Å². The van der Waals surface area contributed by atoms with Crippen LogP contribution in [0.25, 0.3) is 0 Å². The number of aliphatic hydroxyl groups excluding tert-OH is 2. The fourth-order valence-electron chi connectivity index (χ4n) is 0.754. The maximum atomic E-state index is 9.96. The maximum Gasteiger partial charge on any atom is 0.107 e. The van der Waals surface area contributed by atoms with E-state index in [4.69, 9.17) is 10.2 Å². The largest absolute Gasteiger partial charge is 0.547 e. The van der Waals surface area contributed by atoms with Gasteiger partial charge in [0, 0.05) is 6.42 Å². The number of aliphatic carboxylic acids is 1. The molecule has 1 aliphatic heterocycles. The topological polar surface area (TPSA) is 93.1 Å². The summed E-state index contributed by atoms with van der Waals surface area (Å²) >= 11 is 0. The quantitative estimate of drug-likeness (QED) is 0.436. The van der Waals surface area contributed by atoms with Crippen LogP contribution in [0.2, 0.25) is 0 Å². The molecule has 0 radical (unpaired) electrons. The van der Waals surface area contributed by atoms with Gasteiger partial charge < -0.3 is 24.9 Å². The van der Waals surface area contributed by atoms with E-state index < -0.39 is 18.2 Å². The molecule has 0 aromatic heterocycles. The van der Waals surface area contributed by atoms with Crippen LogP contribution in [-0.2, 0) is 9.53 Å². The fourth-order valence-corrected chi connectivity index (χ4v) is 0.754. The predicted octanol–water partition coefficient (Wildman–Crippen LogP) is -2.75. The number of epoxide rings is 1. The van der Waals surface area contributed by atoms with Crippen molar-refractivity contribution in [3.05, 3.63) is 0 Å². The summed E-state index contributed by atoms with van der Waals surface area (Å²) in [4.78, 5) is 9.96. The van der Waals surface area contributed by atoms with E-state index in [0.29, 0.717) is 6.61 Å². The van der Waals surface area contributed by atoms with Gasteiger partial charge in [-0.2, -0.15) is 0 Å². The van der Waals surface area contributed by atoms with Crippen LogP contribution in [0.1, 0.15) is 6.42 Å². The molecule has 0 unspecified atom stereocenters. The molecule has 1 heterocycles. The van der Waals surface area contributed by atoms with Crippen molar-refractivity contribution in [1.82, 2.24) is 0 Å². The Hall–Kier alpha value is -0.650. The number of aliphatic hydroxyl groups is 2. The van der Waals surface area contributed by atoms with Crippen LogP contribution >= 0.6 is 0 Å². The van der Waals surface area contributed by atoms with Gasteiger partial charge in [0.25, 0.3) is 0 Å². The predicted molar refractivity (Wildman–Crippen MR) is 31.4 cm³/mol. The molecule has 0 spiro atoms. The Morgan fingerprint density at radius 2 is 2.27 bits per heavy atom. The highest BCUT2D eigenvalue weighted by atomic mass is 16.6. The lowest BCUT2D eigenvalue weighted by molar-refractivity contribution is -0.315. The number of hydrogen-bond donors (Lipinski definition) is 2. The summed E-state index contributed by atoms with van der Waals surface area (Å²) in [7, 11) is 0. The van der Waals surface area contributed by atoms with Gasteiger partial charge in [-0.05, 0) is 0 Å². The van der Waals surface area contributed by atoms with Gasteiger partial charge in [-0.15, -0.1) is 0 Å². The molecule has 11 heavy (non-hydrogen) atoms. The zero-order valence-corrected chi connectivity index (χ0v) is 5.77. The van der Waals surface area contributed by atoms with E-state index in [-0.39, 0.29) is 12.5 Å². The lowest BCUT2D eigenvalue weighted by Gasteiger charge is -2.14. The zero-order valence-electron chi connectivity index (χ0n) is 5.77. The van der Waals surface area contributed by atoms with Gasteiger partial charge in [-0.3, -0.25) is 0 Å². The number of rotatable bonds is 4. The van der Waals surface area contributed by atoms with Crippen LogP contribution in [0.5, 0.6) is 0 Å². The number of carboxylic acids is 1. The molecule has 1 aliphatic rings. The second kappa shape index (κ2) is 3.17. The van der Waals surface area contributed by atoms with Crippen molar-refractivity contribution < 1.29 is 24.9 Å². The Morgan fingerprint density at radius 1 is 1.73 bits per heavy atom. The van der Waals surface area contributed by atoms with Crippen molar-refractivity contribution in [2.75, 3.05) is 6.61 Å². The Morgan fingerprint density at radius 3 is 2.64 bits per heavy atom. The third-order valence-electron chi connectivity index (χ3n) is 1.53. The number of carboxylic acid groups (broad SMARTS) is 1. The molecule has 5 heteroatoms. The monoisotopic (exact) mass is 161 g/mol. The Kier molecular flexibility index (Phi) is 2.43.